The van der Waals surface area contributed by atoms with Crippen LogP contribution in [-0.4, -0.2) is 10.9 Å². The zero-order valence-electron chi connectivity index (χ0n) is 10.2. The second kappa shape index (κ2) is 5.75. The zero-order chi connectivity index (χ0) is 13.9. The monoisotopic (exact) mass is 320 g/mol. The highest BCUT2D eigenvalue weighted by Gasteiger charge is 2.06. The summed E-state index contributed by atoms with van der Waals surface area (Å²) in [7, 11) is 0. The van der Waals surface area contributed by atoms with Gasteiger partial charge in [0.1, 0.15) is 0 Å². The first-order valence-electron chi connectivity index (χ1n) is 5.79. The van der Waals surface area contributed by atoms with E-state index in [1.807, 2.05) is 29.6 Å². The van der Waals surface area contributed by atoms with E-state index in [0.717, 1.165) is 15.1 Å². The predicted molar refractivity (Wildman–Crippen MR) is 86.6 cm³/mol. The highest BCUT2D eigenvalue weighted by molar-refractivity contribution is 7.22. The second-order valence-corrected chi connectivity index (χ2v) is 6.42. The van der Waals surface area contributed by atoms with Crippen LogP contribution in [0.2, 0.25) is 5.02 Å². The summed E-state index contributed by atoms with van der Waals surface area (Å²) in [4.78, 5) is 17.2. The van der Waals surface area contributed by atoms with E-state index in [2.05, 4.69) is 10.3 Å². The third-order valence-electron chi connectivity index (χ3n) is 2.52. The molecule has 0 saturated carbocycles. The van der Waals surface area contributed by atoms with E-state index in [0.29, 0.717) is 10.2 Å². The normalized spacial score (nSPS) is 11.2. The molecule has 2 aromatic heterocycles. The largest absolute Gasteiger partial charge is 0.298 e. The van der Waals surface area contributed by atoms with Gasteiger partial charge in [-0.15, -0.1) is 11.3 Å². The number of aromatic nitrogens is 1. The molecular formula is C14H9ClN2OS2. The zero-order valence-corrected chi connectivity index (χ0v) is 12.6. The molecule has 1 aromatic carbocycles. The van der Waals surface area contributed by atoms with Crippen LogP contribution in [0.15, 0.2) is 41.8 Å². The molecule has 3 aromatic rings. The van der Waals surface area contributed by atoms with Gasteiger partial charge < -0.3 is 0 Å². The standard InChI is InChI=1S/C14H9ClN2OS2/c15-9-3-5-11-12(8-9)20-14(16-11)17-13(18)6-4-10-2-1-7-19-10/h1-8H,(H,16,17,18). The number of anilines is 1. The lowest BCUT2D eigenvalue weighted by Gasteiger charge is -1.94. The number of hydrogen-bond acceptors (Lipinski definition) is 4. The Morgan fingerprint density at radius 1 is 1.35 bits per heavy atom. The van der Waals surface area contributed by atoms with Crippen LogP contribution in [0.5, 0.6) is 0 Å². The molecule has 0 unspecified atom stereocenters. The van der Waals surface area contributed by atoms with Gasteiger partial charge in [-0.2, -0.15) is 0 Å². The Labute approximate surface area is 128 Å². The Hall–Kier alpha value is -1.69. The maximum atomic E-state index is 11.8. The summed E-state index contributed by atoms with van der Waals surface area (Å²) >= 11 is 8.91. The van der Waals surface area contributed by atoms with Crippen LogP contribution in [0.25, 0.3) is 16.3 Å². The SMILES string of the molecule is O=C(C=Cc1cccs1)Nc1nc2ccc(Cl)cc2s1. The predicted octanol–water partition coefficient (Wildman–Crippen LogP) is 4.66. The fraction of sp³-hybridized carbons (Fsp3) is 0. The number of hydrogen-bond donors (Lipinski definition) is 1. The second-order valence-electron chi connectivity index (χ2n) is 3.97. The van der Waals surface area contributed by atoms with Gasteiger partial charge in [0.15, 0.2) is 5.13 Å². The van der Waals surface area contributed by atoms with Crippen molar-refractivity contribution in [1.29, 1.82) is 0 Å². The molecule has 0 fully saturated rings. The number of fused-ring (bicyclic) bond motifs is 1. The fourth-order valence-corrected chi connectivity index (χ4v) is 3.41. The van der Waals surface area contributed by atoms with Gasteiger partial charge in [-0.1, -0.05) is 29.0 Å². The first kappa shape index (κ1) is 13.3. The molecule has 20 heavy (non-hydrogen) atoms. The highest BCUT2D eigenvalue weighted by Crippen LogP contribution is 2.28. The van der Waals surface area contributed by atoms with Crippen LogP contribution in [-0.2, 0) is 4.79 Å². The maximum absolute atomic E-state index is 11.8. The Kier molecular flexibility index (Phi) is 3.82. The molecule has 0 atom stereocenters. The summed E-state index contributed by atoms with van der Waals surface area (Å²) < 4.78 is 0.954. The lowest BCUT2D eigenvalue weighted by Crippen LogP contribution is -2.06. The van der Waals surface area contributed by atoms with Crippen LogP contribution in [0, 0.1) is 0 Å². The average Bonchev–Trinajstić information content (AvgIpc) is 3.04. The van der Waals surface area contributed by atoms with Crippen molar-refractivity contribution in [1.82, 2.24) is 4.98 Å². The van der Waals surface area contributed by atoms with Crippen molar-refractivity contribution < 1.29 is 4.79 Å². The van der Waals surface area contributed by atoms with Crippen molar-refractivity contribution in [3.05, 3.63) is 51.7 Å². The quantitative estimate of drug-likeness (QED) is 0.713. The Morgan fingerprint density at radius 3 is 3.05 bits per heavy atom. The van der Waals surface area contributed by atoms with Crippen molar-refractivity contribution in [3.63, 3.8) is 0 Å². The van der Waals surface area contributed by atoms with Gasteiger partial charge in [-0.3, -0.25) is 10.1 Å². The van der Waals surface area contributed by atoms with Gasteiger partial charge >= 0.3 is 0 Å². The Balaban J connectivity index is 1.74. The molecule has 0 radical (unpaired) electrons. The van der Waals surface area contributed by atoms with Gasteiger partial charge in [0.05, 0.1) is 10.2 Å². The lowest BCUT2D eigenvalue weighted by molar-refractivity contribution is -0.111. The summed E-state index contributed by atoms with van der Waals surface area (Å²) in [6.07, 6.45) is 3.29. The number of carbonyl (C=O) groups is 1. The van der Waals surface area contributed by atoms with Crippen molar-refractivity contribution in [2.75, 3.05) is 5.32 Å². The van der Waals surface area contributed by atoms with Crippen LogP contribution < -0.4 is 5.32 Å². The van der Waals surface area contributed by atoms with Gasteiger partial charge in [0.2, 0.25) is 5.91 Å². The summed E-state index contributed by atoms with van der Waals surface area (Å²) in [5.74, 6) is -0.191. The number of benzene rings is 1. The number of thiazole rings is 1. The highest BCUT2D eigenvalue weighted by atomic mass is 35.5. The molecule has 1 N–H and O–H groups in total. The molecule has 3 rings (SSSR count). The molecule has 2 heterocycles. The summed E-state index contributed by atoms with van der Waals surface area (Å²) in [5.41, 5.74) is 0.830. The molecule has 0 aliphatic heterocycles. The van der Waals surface area contributed by atoms with Crippen molar-refractivity contribution >= 4 is 61.6 Å². The molecular weight excluding hydrogens is 312 g/mol. The fourth-order valence-electron chi connectivity index (χ4n) is 1.64. The van der Waals surface area contributed by atoms with Crippen LogP contribution in [0.3, 0.4) is 0 Å². The Morgan fingerprint density at radius 2 is 2.25 bits per heavy atom. The summed E-state index contributed by atoms with van der Waals surface area (Å²) in [5, 5.41) is 5.96. The molecule has 3 nitrogen and oxygen atoms in total. The molecule has 0 spiro atoms. The Bertz CT molecular complexity index is 778. The van der Waals surface area contributed by atoms with Crippen LogP contribution in [0.1, 0.15) is 4.88 Å². The minimum Gasteiger partial charge on any atom is -0.298 e. The molecule has 0 saturated heterocycles. The van der Waals surface area contributed by atoms with Gasteiger partial charge in [-0.05, 0) is 35.7 Å². The molecule has 0 bridgehead atoms. The lowest BCUT2D eigenvalue weighted by atomic mass is 10.3. The van der Waals surface area contributed by atoms with Gasteiger partial charge in [0.25, 0.3) is 0 Å². The minimum absolute atomic E-state index is 0.191. The molecule has 1 amide bonds. The number of rotatable bonds is 3. The smallest absolute Gasteiger partial charge is 0.250 e. The number of nitrogens with one attached hydrogen (secondary N) is 1. The first-order valence-corrected chi connectivity index (χ1v) is 7.87. The van der Waals surface area contributed by atoms with Crippen LogP contribution in [0.4, 0.5) is 5.13 Å². The molecule has 100 valence electrons. The van der Waals surface area contributed by atoms with E-state index in [-0.39, 0.29) is 5.91 Å². The van der Waals surface area contributed by atoms with E-state index in [4.69, 9.17) is 11.6 Å². The number of carbonyl (C=O) groups excluding carboxylic acids is 1. The van der Waals surface area contributed by atoms with E-state index in [9.17, 15) is 4.79 Å². The number of halogens is 1. The summed E-state index contributed by atoms with van der Waals surface area (Å²) in [6, 6.07) is 9.36. The topological polar surface area (TPSA) is 42.0 Å². The third kappa shape index (κ3) is 3.07. The number of nitrogens with zero attached hydrogens (tertiary/aromatic N) is 1. The van der Waals surface area contributed by atoms with Gasteiger partial charge in [0, 0.05) is 16.0 Å². The van der Waals surface area contributed by atoms with E-state index in [1.54, 1.807) is 23.5 Å². The van der Waals surface area contributed by atoms with E-state index < -0.39 is 0 Å². The summed E-state index contributed by atoms with van der Waals surface area (Å²) in [6.45, 7) is 0. The van der Waals surface area contributed by atoms with Crippen molar-refractivity contribution in [3.8, 4) is 0 Å². The van der Waals surface area contributed by atoms with Crippen molar-refractivity contribution in [2.45, 2.75) is 0 Å². The average molecular weight is 321 g/mol. The van der Waals surface area contributed by atoms with E-state index in [1.165, 1.54) is 17.4 Å². The molecule has 6 heteroatoms. The molecule has 0 aliphatic rings. The maximum Gasteiger partial charge on any atom is 0.250 e. The van der Waals surface area contributed by atoms with E-state index >= 15 is 0 Å². The molecule has 0 aliphatic carbocycles. The number of amides is 1. The van der Waals surface area contributed by atoms with Gasteiger partial charge in [-0.25, -0.2) is 4.98 Å². The number of thiophene rings is 1. The van der Waals surface area contributed by atoms with Crippen LogP contribution >= 0.6 is 34.3 Å². The minimum atomic E-state index is -0.191. The van der Waals surface area contributed by atoms with Crippen molar-refractivity contribution in [2.24, 2.45) is 0 Å². The third-order valence-corrected chi connectivity index (χ3v) is 4.53. The first-order chi connectivity index (χ1) is 9.70.